The Morgan fingerprint density at radius 1 is 1.24 bits per heavy atom. The molecule has 100 valence electrons. The quantitative estimate of drug-likeness (QED) is 0.810. The van der Waals surface area contributed by atoms with Crippen LogP contribution in [0.3, 0.4) is 0 Å². The highest BCUT2D eigenvalue weighted by molar-refractivity contribution is 4.86. The van der Waals surface area contributed by atoms with Crippen molar-refractivity contribution in [2.75, 3.05) is 19.6 Å². The largest absolute Gasteiger partial charge is 0.311 e. The minimum atomic E-state index is 0.729. The number of hydrogen-bond donors (Lipinski definition) is 1. The second-order valence-corrected chi connectivity index (χ2v) is 6.69. The van der Waals surface area contributed by atoms with E-state index in [1.54, 1.807) is 0 Å². The van der Waals surface area contributed by atoms with Crippen LogP contribution in [-0.2, 0) is 0 Å². The summed E-state index contributed by atoms with van der Waals surface area (Å²) in [5.41, 5.74) is 0. The Morgan fingerprint density at radius 3 is 2.59 bits per heavy atom. The monoisotopic (exact) mass is 238 g/mol. The summed E-state index contributed by atoms with van der Waals surface area (Å²) in [4.78, 5) is 2.75. The average molecular weight is 238 g/mol. The smallest absolute Gasteiger partial charge is 0.0198 e. The Bertz CT molecular complexity index is 221. The van der Waals surface area contributed by atoms with Gasteiger partial charge in [0, 0.05) is 31.7 Å². The van der Waals surface area contributed by atoms with Crippen LogP contribution in [0.25, 0.3) is 0 Å². The van der Waals surface area contributed by atoms with Crippen molar-refractivity contribution in [3.8, 4) is 0 Å². The fourth-order valence-corrected chi connectivity index (χ4v) is 3.50. The number of rotatable bonds is 4. The summed E-state index contributed by atoms with van der Waals surface area (Å²) in [6, 6.07) is 1.46. The third-order valence-electron chi connectivity index (χ3n) is 4.50. The van der Waals surface area contributed by atoms with E-state index in [9.17, 15) is 0 Å². The first-order valence-electron chi connectivity index (χ1n) is 7.62. The summed E-state index contributed by atoms with van der Waals surface area (Å²) >= 11 is 0. The average Bonchev–Trinajstić information content (AvgIpc) is 2.75. The minimum absolute atomic E-state index is 0.729. The van der Waals surface area contributed by atoms with Gasteiger partial charge in [0.25, 0.3) is 0 Å². The maximum absolute atomic E-state index is 3.71. The molecule has 0 aromatic carbocycles. The zero-order valence-electron chi connectivity index (χ0n) is 11.9. The van der Waals surface area contributed by atoms with E-state index in [4.69, 9.17) is 0 Å². The van der Waals surface area contributed by atoms with Crippen molar-refractivity contribution in [1.29, 1.82) is 0 Å². The van der Waals surface area contributed by atoms with Crippen LogP contribution in [0.5, 0.6) is 0 Å². The van der Waals surface area contributed by atoms with Crippen molar-refractivity contribution in [2.45, 2.75) is 65.0 Å². The van der Waals surface area contributed by atoms with Crippen LogP contribution in [0, 0.1) is 11.8 Å². The summed E-state index contributed by atoms with van der Waals surface area (Å²) in [5.74, 6) is 1.81. The summed E-state index contributed by atoms with van der Waals surface area (Å²) in [6.07, 6.45) is 7.23. The molecule has 2 rings (SSSR count). The van der Waals surface area contributed by atoms with Crippen molar-refractivity contribution in [3.05, 3.63) is 0 Å². The highest BCUT2D eigenvalue weighted by Crippen LogP contribution is 2.27. The Balaban J connectivity index is 1.81. The Morgan fingerprint density at radius 2 is 1.94 bits per heavy atom. The van der Waals surface area contributed by atoms with Gasteiger partial charge in [0.15, 0.2) is 0 Å². The van der Waals surface area contributed by atoms with E-state index in [1.807, 2.05) is 0 Å². The maximum atomic E-state index is 3.71. The lowest BCUT2D eigenvalue weighted by Crippen LogP contribution is -2.56. The molecule has 2 aliphatic rings. The summed E-state index contributed by atoms with van der Waals surface area (Å²) in [6.45, 7) is 10.9. The van der Waals surface area contributed by atoms with Gasteiger partial charge in [-0.1, -0.05) is 26.7 Å². The fraction of sp³-hybridized carbons (Fsp3) is 1.00. The third-order valence-corrected chi connectivity index (χ3v) is 4.50. The van der Waals surface area contributed by atoms with Crippen molar-refractivity contribution >= 4 is 0 Å². The van der Waals surface area contributed by atoms with E-state index < -0.39 is 0 Å². The first kappa shape index (κ1) is 13.4. The molecule has 1 heterocycles. The van der Waals surface area contributed by atoms with Crippen molar-refractivity contribution < 1.29 is 0 Å². The van der Waals surface area contributed by atoms with Crippen molar-refractivity contribution in [1.82, 2.24) is 10.2 Å². The molecule has 0 aromatic heterocycles. The molecular weight excluding hydrogens is 208 g/mol. The van der Waals surface area contributed by atoms with Gasteiger partial charge in [0.05, 0.1) is 0 Å². The molecule has 1 aliphatic heterocycles. The van der Waals surface area contributed by atoms with Gasteiger partial charge in [0.1, 0.15) is 0 Å². The summed E-state index contributed by atoms with van der Waals surface area (Å²) in [7, 11) is 0. The molecule has 0 aromatic rings. The standard InChI is InChI=1S/C15H30N2/c1-12(2)8-15-11-17(13(3)9-16-15)10-14-6-4-5-7-14/h12-16H,4-11H2,1-3H3. The van der Waals surface area contributed by atoms with E-state index in [2.05, 4.69) is 31.0 Å². The number of nitrogens with zero attached hydrogens (tertiary/aromatic N) is 1. The molecule has 0 spiro atoms. The van der Waals surface area contributed by atoms with Crippen LogP contribution in [0.2, 0.25) is 0 Å². The predicted molar refractivity (Wildman–Crippen MR) is 74.2 cm³/mol. The van der Waals surface area contributed by atoms with Crippen LogP contribution in [0.4, 0.5) is 0 Å². The van der Waals surface area contributed by atoms with E-state index in [0.717, 1.165) is 23.9 Å². The molecule has 2 nitrogen and oxygen atoms in total. The highest BCUT2D eigenvalue weighted by atomic mass is 15.2. The zero-order chi connectivity index (χ0) is 12.3. The van der Waals surface area contributed by atoms with Gasteiger partial charge >= 0.3 is 0 Å². The molecule has 2 unspecified atom stereocenters. The lowest BCUT2D eigenvalue weighted by atomic mass is 9.98. The van der Waals surface area contributed by atoms with Gasteiger partial charge in [-0.2, -0.15) is 0 Å². The second kappa shape index (κ2) is 6.19. The molecule has 1 aliphatic carbocycles. The topological polar surface area (TPSA) is 15.3 Å². The van der Waals surface area contributed by atoms with Gasteiger partial charge in [-0.05, 0) is 38.0 Å². The van der Waals surface area contributed by atoms with E-state index >= 15 is 0 Å². The molecule has 1 N–H and O–H groups in total. The molecule has 1 saturated carbocycles. The molecule has 1 saturated heterocycles. The fourth-order valence-electron chi connectivity index (χ4n) is 3.50. The lowest BCUT2D eigenvalue weighted by Gasteiger charge is -2.40. The molecular formula is C15H30N2. The first-order valence-corrected chi connectivity index (χ1v) is 7.62. The van der Waals surface area contributed by atoms with Crippen LogP contribution in [-0.4, -0.2) is 36.6 Å². The molecule has 2 atom stereocenters. The summed E-state index contributed by atoms with van der Waals surface area (Å²) < 4.78 is 0. The van der Waals surface area contributed by atoms with Gasteiger partial charge in [-0.3, -0.25) is 4.90 Å². The Labute approximate surface area is 107 Å². The molecule has 0 bridgehead atoms. The first-order chi connectivity index (χ1) is 8.15. The Hall–Kier alpha value is -0.0800. The van der Waals surface area contributed by atoms with E-state index in [-0.39, 0.29) is 0 Å². The molecule has 0 amide bonds. The van der Waals surface area contributed by atoms with Crippen LogP contribution < -0.4 is 5.32 Å². The SMILES string of the molecule is CC(C)CC1CN(CC2CCCC2)C(C)CN1. The van der Waals surface area contributed by atoms with Crippen LogP contribution >= 0.6 is 0 Å². The number of nitrogens with one attached hydrogen (secondary N) is 1. The van der Waals surface area contributed by atoms with Gasteiger partial charge in [0.2, 0.25) is 0 Å². The van der Waals surface area contributed by atoms with Crippen LogP contribution in [0.1, 0.15) is 52.9 Å². The van der Waals surface area contributed by atoms with E-state index in [0.29, 0.717) is 0 Å². The molecule has 2 fully saturated rings. The Kier molecular flexibility index (Phi) is 4.87. The normalized spacial score (nSPS) is 32.5. The molecule has 2 heteroatoms. The van der Waals surface area contributed by atoms with Gasteiger partial charge in [-0.25, -0.2) is 0 Å². The maximum Gasteiger partial charge on any atom is 0.0198 e. The molecule has 0 radical (unpaired) electrons. The summed E-state index contributed by atoms with van der Waals surface area (Å²) in [5, 5.41) is 3.71. The zero-order valence-corrected chi connectivity index (χ0v) is 11.9. The highest BCUT2D eigenvalue weighted by Gasteiger charge is 2.28. The number of hydrogen-bond acceptors (Lipinski definition) is 2. The van der Waals surface area contributed by atoms with Gasteiger partial charge in [-0.15, -0.1) is 0 Å². The van der Waals surface area contributed by atoms with Crippen molar-refractivity contribution in [2.24, 2.45) is 11.8 Å². The lowest BCUT2D eigenvalue weighted by molar-refractivity contribution is 0.113. The van der Waals surface area contributed by atoms with Crippen molar-refractivity contribution in [3.63, 3.8) is 0 Å². The second-order valence-electron chi connectivity index (χ2n) is 6.69. The number of piperazine rings is 1. The van der Waals surface area contributed by atoms with Gasteiger partial charge < -0.3 is 5.32 Å². The van der Waals surface area contributed by atoms with E-state index in [1.165, 1.54) is 51.7 Å². The minimum Gasteiger partial charge on any atom is -0.311 e. The predicted octanol–water partition coefficient (Wildman–Crippen LogP) is 2.89. The molecule has 17 heavy (non-hydrogen) atoms. The van der Waals surface area contributed by atoms with Crippen LogP contribution in [0.15, 0.2) is 0 Å². The third kappa shape index (κ3) is 3.96.